The van der Waals surface area contributed by atoms with Gasteiger partial charge >= 0.3 is 0 Å². The average Bonchev–Trinajstić information content (AvgIpc) is 3.06. The molecule has 8 heteroatoms. The van der Waals surface area contributed by atoms with Crippen molar-refractivity contribution in [2.45, 2.75) is 29.8 Å². The highest BCUT2D eigenvalue weighted by Gasteiger charge is 2.26. The Bertz CT molecular complexity index is 920. The van der Waals surface area contributed by atoms with Gasteiger partial charge in [-0.15, -0.1) is 0 Å². The van der Waals surface area contributed by atoms with E-state index in [1.807, 2.05) is 19.9 Å². The highest BCUT2D eigenvalue weighted by atomic mass is 32.2. The molecular formula is C15H15N5O2S. The number of benzene rings is 1. The van der Waals surface area contributed by atoms with Gasteiger partial charge in [0.15, 0.2) is 0 Å². The lowest BCUT2D eigenvalue weighted by molar-refractivity contribution is 0.579. The minimum Gasteiger partial charge on any atom is -0.261 e. The second-order valence-electron chi connectivity index (χ2n) is 5.28. The monoisotopic (exact) mass is 329 g/mol. The Morgan fingerprint density at radius 3 is 2.52 bits per heavy atom. The van der Waals surface area contributed by atoms with E-state index in [4.69, 9.17) is 0 Å². The van der Waals surface area contributed by atoms with Crippen LogP contribution in [0.2, 0.25) is 0 Å². The molecule has 0 aliphatic heterocycles. The van der Waals surface area contributed by atoms with Gasteiger partial charge in [0.2, 0.25) is 9.84 Å². The number of nitrogens with zero attached hydrogens (tertiary/aromatic N) is 5. The molecule has 0 amide bonds. The van der Waals surface area contributed by atoms with E-state index in [9.17, 15) is 8.42 Å². The maximum absolute atomic E-state index is 12.9. The Morgan fingerprint density at radius 2 is 1.83 bits per heavy atom. The number of aromatic nitrogens is 5. The van der Waals surface area contributed by atoms with Crippen molar-refractivity contribution >= 4 is 9.84 Å². The molecule has 0 radical (unpaired) electrons. The third-order valence-corrected chi connectivity index (χ3v) is 4.95. The molecule has 0 aliphatic rings. The standard InChI is InChI=1S/C15H15N5O2S/c1-11(2)14-10-13(8-9-16-14)23(21,22)15-17-18-19-20(15)12-6-4-3-5-7-12/h3-11H,1-2H3. The fraction of sp³-hybridized carbons (Fsp3) is 0.200. The van der Waals surface area contributed by atoms with Crippen LogP contribution in [0.1, 0.15) is 25.5 Å². The van der Waals surface area contributed by atoms with E-state index in [1.54, 1.807) is 30.3 Å². The van der Waals surface area contributed by atoms with Crippen LogP contribution in [-0.2, 0) is 9.84 Å². The van der Waals surface area contributed by atoms with Gasteiger partial charge in [-0.25, -0.2) is 8.42 Å². The second-order valence-corrected chi connectivity index (χ2v) is 7.13. The van der Waals surface area contributed by atoms with E-state index >= 15 is 0 Å². The summed E-state index contributed by atoms with van der Waals surface area (Å²) in [5.74, 6) is 0.121. The van der Waals surface area contributed by atoms with Gasteiger partial charge in [-0.05, 0) is 40.6 Å². The van der Waals surface area contributed by atoms with Gasteiger partial charge in [0.05, 0.1) is 10.6 Å². The number of para-hydroxylation sites is 1. The highest BCUT2D eigenvalue weighted by Crippen LogP contribution is 2.22. The van der Waals surface area contributed by atoms with E-state index < -0.39 is 9.84 Å². The van der Waals surface area contributed by atoms with Crippen LogP contribution in [0, 0.1) is 0 Å². The molecular weight excluding hydrogens is 314 g/mol. The molecule has 3 rings (SSSR count). The predicted octanol–water partition coefficient (Wildman–Crippen LogP) is 2.01. The minimum atomic E-state index is -3.84. The topological polar surface area (TPSA) is 90.6 Å². The molecule has 3 aromatic rings. The first-order chi connectivity index (χ1) is 11.0. The molecule has 0 N–H and O–H groups in total. The summed E-state index contributed by atoms with van der Waals surface area (Å²) in [6.07, 6.45) is 1.48. The van der Waals surface area contributed by atoms with Crippen molar-refractivity contribution in [2.75, 3.05) is 0 Å². The van der Waals surface area contributed by atoms with Crippen molar-refractivity contribution in [1.82, 2.24) is 25.2 Å². The number of pyridine rings is 1. The van der Waals surface area contributed by atoms with Crippen LogP contribution < -0.4 is 0 Å². The van der Waals surface area contributed by atoms with Gasteiger partial charge in [-0.3, -0.25) is 4.98 Å². The van der Waals surface area contributed by atoms with Crippen LogP contribution in [0.5, 0.6) is 0 Å². The zero-order chi connectivity index (χ0) is 16.4. The Morgan fingerprint density at radius 1 is 1.09 bits per heavy atom. The van der Waals surface area contributed by atoms with Crippen LogP contribution >= 0.6 is 0 Å². The molecule has 2 aromatic heterocycles. The van der Waals surface area contributed by atoms with Crippen LogP contribution in [0.15, 0.2) is 58.7 Å². The lowest BCUT2D eigenvalue weighted by atomic mass is 10.1. The highest BCUT2D eigenvalue weighted by molar-refractivity contribution is 7.91. The van der Waals surface area contributed by atoms with E-state index in [-0.39, 0.29) is 16.0 Å². The zero-order valence-corrected chi connectivity index (χ0v) is 13.5. The van der Waals surface area contributed by atoms with Crippen molar-refractivity contribution < 1.29 is 8.42 Å². The number of hydrogen-bond acceptors (Lipinski definition) is 6. The Hall–Kier alpha value is -2.61. The fourth-order valence-corrected chi connectivity index (χ4v) is 3.33. The van der Waals surface area contributed by atoms with Crippen molar-refractivity contribution in [3.8, 4) is 5.69 Å². The lowest BCUT2D eigenvalue weighted by Gasteiger charge is -2.08. The van der Waals surface area contributed by atoms with Gasteiger partial charge < -0.3 is 0 Å². The Labute approximate surface area is 133 Å². The maximum atomic E-state index is 12.9. The molecule has 0 fully saturated rings. The molecule has 0 atom stereocenters. The summed E-state index contributed by atoms with van der Waals surface area (Å²) in [5, 5.41) is 10.8. The van der Waals surface area contributed by atoms with Crippen LogP contribution in [0.25, 0.3) is 5.69 Å². The summed E-state index contributed by atoms with van der Waals surface area (Å²) in [6.45, 7) is 3.90. The second kappa shape index (κ2) is 5.88. The van der Waals surface area contributed by atoms with E-state index in [0.717, 1.165) is 0 Å². The smallest absolute Gasteiger partial charge is 0.261 e. The van der Waals surface area contributed by atoms with Gasteiger partial charge in [0.1, 0.15) is 0 Å². The zero-order valence-electron chi connectivity index (χ0n) is 12.7. The molecule has 2 heterocycles. The Balaban J connectivity index is 2.12. The summed E-state index contributed by atoms with van der Waals surface area (Å²) in [6, 6.07) is 11.9. The summed E-state index contributed by atoms with van der Waals surface area (Å²) in [4.78, 5) is 4.32. The van der Waals surface area contributed by atoms with Gasteiger partial charge in [0, 0.05) is 11.9 Å². The molecule has 0 aliphatic carbocycles. The van der Waals surface area contributed by atoms with Gasteiger partial charge in [0.25, 0.3) is 5.16 Å². The first-order valence-electron chi connectivity index (χ1n) is 7.05. The molecule has 1 aromatic carbocycles. The predicted molar refractivity (Wildman–Crippen MR) is 82.9 cm³/mol. The van der Waals surface area contributed by atoms with Crippen molar-refractivity contribution in [3.63, 3.8) is 0 Å². The van der Waals surface area contributed by atoms with E-state index in [0.29, 0.717) is 11.4 Å². The number of rotatable bonds is 4. The number of sulfone groups is 1. The molecule has 0 saturated carbocycles. The van der Waals surface area contributed by atoms with Crippen LogP contribution in [-0.4, -0.2) is 33.6 Å². The summed E-state index contributed by atoms with van der Waals surface area (Å²) in [5.41, 5.74) is 1.28. The number of tetrazole rings is 1. The maximum Gasteiger partial charge on any atom is 0.277 e. The summed E-state index contributed by atoms with van der Waals surface area (Å²) < 4.78 is 27.0. The van der Waals surface area contributed by atoms with Crippen LogP contribution in [0.4, 0.5) is 0 Å². The van der Waals surface area contributed by atoms with Crippen LogP contribution in [0.3, 0.4) is 0 Å². The lowest BCUT2D eigenvalue weighted by Crippen LogP contribution is -2.12. The molecule has 0 spiro atoms. The van der Waals surface area contributed by atoms with Gasteiger partial charge in [-0.1, -0.05) is 37.1 Å². The fourth-order valence-electron chi connectivity index (χ4n) is 2.09. The molecule has 118 valence electrons. The molecule has 0 saturated heterocycles. The third-order valence-electron chi connectivity index (χ3n) is 3.34. The summed E-state index contributed by atoms with van der Waals surface area (Å²) >= 11 is 0. The van der Waals surface area contributed by atoms with E-state index in [2.05, 4.69) is 20.5 Å². The van der Waals surface area contributed by atoms with Crippen molar-refractivity contribution in [1.29, 1.82) is 0 Å². The summed E-state index contributed by atoms with van der Waals surface area (Å²) in [7, 11) is -3.84. The largest absolute Gasteiger partial charge is 0.277 e. The minimum absolute atomic E-state index is 0.121. The molecule has 0 unspecified atom stereocenters. The number of hydrogen-bond donors (Lipinski definition) is 0. The average molecular weight is 329 g/mol. The molecule has 0 bridgehead atoms. The molecule has 23 heavy (non-hydrogen) atoms. The molecule has 7 nitrogen and oxygen atoms in total. The third kappa shape index (κ3) is 2.85. The quantitative estimate of drug-likeness (QED) is 0.727. The van der Waals surface area contributed by atoms with Gasteiger partial charge in [-0.2, -0.15) is 4.68 Å². The first-order valence-corrected chi connectivity index (χ1v) is 8.53. The van der Waals surface area contributed by atoms with Crippen molar-refractivity contribution in [2.24, 2.45) is 0 Å². The van der Waals surface area contributed by atoms with E-state index in [1.165, 1.54) is 16.9 Å². The first kappa shape index (κ1) is 15.3. The van der Waals surface area contributed by atoms with Crippen molar-refractivity contribution in [3.05, 3.63) is 54.4 Å². The Kier molecular flexibility index (Phi) is 3.91. The normalized spacial score (nSPS) is 11.8. The SMILES string of the molecule is CC(C)c1cc(S(=O)(=O)c2nnnn2-c2ccccc2)ccn1.